The van der Waals surface area contributed by atoms with Crippen LogP contribution in [-0.4, -0.2) is 21.8 Å². The van der Waals surface area contributed by atoms with E-state index in [1.54, 1.807) is 24.3 Å². The molecule has 0 aliphatic rings. The number of amides is 1. The number of pyridine rings is 1. The van der Waals surface area contributed by atoms with Gasteiger partial charge in [0.2, 0.25) is 5.88 Å². The van der Waals surface area contributed by atoms with E-state index in [1.807, 2.05) is 6.92 Å². The molecule has 0 N–H and O–H groups in total. The first-order chi connectivity index (χ1) is 12.4. The minimum atomic E-state index is -0.554. The van der Waals surface area contributed by atoms with Gasteiger partial charge in [-0.25, -0.2) is 9.78 Å². The minimum Gasteiger partial charge on any atom is -0.439 e. The van der Waals surface area contributed by atoms with E-state index in [-0.39, 0.29) is 18.0 Å². The van der Waals surface area contributed by atoms with Gasteiger partial charge < -0.3 is 9.57 Å². The molecule has 1 aromatic carbocycles. The quantitative estimate of drug-likeness (QED) is 0.574. The molecule has 0 saturated heterocycles. The second-order valence-electron chi connectivity index (χ2n) is 5.23. The smallest absolute Gasteiger partial charge is 0.333 e. The lowest BCUT2D eigenvalue weighted by Crippen LogP contribution is -2.31. The Morgan fingerprint density at radius 1 is 1.19 bits per heavy atom. The van der Waals surface area contributed by atoms with Gasteiger partial charge in [-0.05, 0) is 30.7 Å². The van der Waals surface area contributed by atoms with E-state index in [0.717, 1.165) is 11.3 Å². The SMILES string of the molecule is CCCC(=O)ON(C(C)=O)c1ccc(Oc2ccc([N+](=O)[O-])cn2)cc1. The van der Waals surface area contributed by atoms with Gasteiger partial charge in [0.15, 0.2) is 0 Å². The highest BCUT2D eigenvalue weighted by atomic mass is 16.7. The highest BCUT2D eigenvalue weighted by molar-refractivity contribution is 5.91. The molecule has 9 nitrogen and oxygen atoms in total. The van der Waals surface area contributed by atoms with E-state index in [2.05, 4.69) is 4.98 Å². The van der Waals surface area contributed by atoms with Crippen molar-refractivity contribution < 1.29 is 24.1 Å². The normalized spacial score (nSPS) is 10.1. The summed E-state index contributed by atoms with van der Waals surface area (Å²) in [6.07, 6.45) is 1.91. The molecule has 0 radical (unpaired) electrons. The Hall–Kier alpha value is -3.49. The third kappa shape index (κ3) is 5.00. The summed E-state index contributed by atoms with van der Waals surface area (Å²) in [5, 5.41) is 11.5. The lowest BCUT2D eigenvalue weighted by atomic mass is 10.3. The number of hydrogen-bond acceptors (Lipinski definition) is 7. The summed E-state index contributed by atoms with van der Waals surface area (Å²) in [6.45, 7) is 3.11. The molecule has 0 unspecified atom stereocenters. The fraction of sp³-hybridized carbons (Fsp3) is 0.235. The zero-order chi connectivity index (χ0) is 19.1. The molecule has 1 heterocycles. The van der Waals surface area contributed by atoms with Gasteiger partial charge in [0.05, 0.1) is 10.6 Å². The molecule has 0 saturated carbocycles. The summed E-state index contributed by atoms with van der Waals surface area (Å²) in [4.78, 5) is 42.3. The average molecular weight is 359 g/mol. The maximum Gasteiger partial charge on any atom is 0.333 e. The minimum absolute atomic E-state index is 0.140. The summed E-state index contributed by atoms with van der Waals surface area (Å²) in [5.41, 5.74) is 0.227. The van der Waals surface area contributed by atoms with E-state index in [1.165, 1.54) is 19.1 Å². The average Bonchev–Trinajstić information content (AvgIpc) is 2.61. The van der Waals surface area contributed by atoms with Gasteiger partial charge in [-0.2, -0.15) is 0 Å². The van der Waals surface area contributed by atoms with Crippen LogP contribution >= 0.6 is 0 Å². The van der Waals surface area contributed by atoms with Gasteiger partial charge in [-0.1, -0.05) is 6.92 Å². The number of carbonyl (C=O) groups excluding carboxylic acids is 2. The fourth-order valence-corrected chi connectivity index (χ4v) is 1.96. The van der Waals surface area contributed by atoms with E-state index in [9.17, 15) is 19.7 Å². The Bertz CT molecular complexity index is 789. The fourth-order valence-electron chi connectivity index (χ4n) is 1.96. The first-order valence-electron chi connectivity index (χ1n) is 7.80. The molecule has 0 spiro atoms. The van der Waals surface area contributed by atoms with Crippen molar-refractivity contribution >= 4 is 23.3 Å². The van der Waals surface area contributed by atoms with Crippen LogP contribution in [0.25, 0.3) is 0 Å². The second kappa shape index (κ2) is 8.56. The number of hydrogen-bond donors (Lipinski definition) is 0. The third-order valence-electron chi connectivity index (χ3n) is 3.16. The monoisotopic (exact) mass is 359 g/mol. The number of nitro groups is 1. The third-order valence-corrected chi connectivity index (χ3v) is 3.16. The van der Waals surface area contributed by atoms with Crippen LogP contribution in [-0.2, 0) is 14.4 Å². The molecule has 0 bridgehead atoms. The number of nitrogens with zero attached hydrogens (tertiary/aromatic N) is 3. The molecule has 26 heavy (non-hydrogen) atoms. The molecule has 136 valence electrons. The number of ether oxygens (including phenoxy) is 1. The van der Waals surface area contributed by atoms with Crippen molar-refractivity contribution in [2.75, 3.05) is 5.06 Å². The van der Waals surface area contributed by atoms with Crippen LogP contribution in [0.2, 0.25) is 0 Å². The van der Waals surface area contributed by atoms with Crippen LogP contribution in [0.1, 0.15) is 26.7 Å². The molecule has 0 fully saturated rings. The van der Waals surface area contributed by atoms with E-state index in [0.29, 0.717) is 17.9 Å². The molecule has 0 atom stereocenters. The second-order valence-corrected chi connectivity index (χ2v) is 5.23. The molecular weight excluding hydrogens is 342 g/mol. The topological polar surface area (TPSA) is 112 Å². The molecule has 2 rings (SSSR count). The van der Waals surface area contributed by atoms with E-state index >= 15 is 0 Å². The summed E-state index contributed by atoms with van der Waals surface area (Å²) in [7, 11) is 0. The summed E-state index contributed by atoms with van der Waals surface area (Å²) in [5.74, 6) is -0.363. The highest BCUT2D eigenvalue weighted by Crippen LogP contribution is 2.25. The lowest BCUT2D eigenvalue weighted by molar-refractivity contribution is -0.385. The predicted octanol–water partition coefficient (Wildman–Crippen LogP) is 3.39. The van der Waals surface area contributed by atoms with Crippen LogP contribution in [0, 0.1) is 10.1 Å². The molecule has 0 aliphatic heterocycles. The zero-order valence-corrected chi connectivity index (χ0v) is 14.2. The van der Waals surface area contributed by atoms with Gasteiger partial charge >= 0.3 is 5.97 Å². The Labute approximate surface area is 149 Å². The van der Waals surface area contributed by atoms with Crippen LogP contribution in [0.4, 0.5) is 11.4 Å². The van der Waals surface area contributed by atoms with E-state index < -0.39 is 16.8 Å². The molecule has 2 aromatic rings. The summed E-state index contributed by atoms with van der Waals surface area (Å²) >= 11 is 0. The van der Waals surface area contributed by atoms with Gasteiger partial charge in [0.25, 0.3) is 11.6 Å². The first-order valence-corrected chi connectivity index (χ1v) is 7.80. The van der Waals surface area contributed by atoms with Gasteiger partial charge in [0, 0.05) is 25.5 Å². The zero-order valence-electron chi connectivity index (χ0n) is 14.2. The summed E-state index contributed by atoms with van der Waals surface area (Å²) < 4.78 is 5.48. The van der Waals surface area contributed by atoms with Crippen molar-refractivity contribution in [3.63, 3.8) is 0 Å². The maximum absolute atomic E-state index is 11.7. The Kier molecular flexibility index (Phi) is 6.20. The molecule has 9 heteroatoms. The Morgan fingerprint density at radius 2 is 1.88 bits per heavy atom. The largest absolute Gasteiger partial charge is 0.439 e. The number of benzene rings is 1. The summed E-state index contributed by atoms with van der Waals surface area (Å²) in [6, 6.07) is 8.86. The van der Waals surface area contributed by atoms with Gasteiger partial charge in [0.1, 0.15) is 11.9 Å². The van der Waals surface area contributed by atoms with Crippen molar-refractivity contribution in [2.45, 2.75) is 26.7 Å². The standard InChI is InChI=1S/C17H17N3O6/c1-3-4-17(22)26-19(12(2)21)13-5-8-15(9-6-13)25-16-10-7-14(11-18-16)20(23)24/h5-11H,3-4H2,1-2H3. The van der Waals surface area contributed by atoms with Crippen LogP contribution in [0.3, 0.4) is 0 Å². The molecule has 1 amide bonds. The lowest BCUT2D eigenvalue weighted by Gasteiger charge is -2.19. The highest BCUT2D eigenvalue weighted by Gasteiger charge is 2.17. The first kappa shape index (κ1) is 18.8. The Balaban J connectivity index is 2.09. The number of aromatic nitrogens is 1. The van der Waals surface area contributed by atoms with Gasteiger partial charge in [-0.15, -0.1) is 5.06 Å². The van der Waals surface area contributed by atoms with Crippen molar-refractivity contribution in [2.24, 2.45) is 0 Å². The number of hydroxylamine groups is 1. The maximum atomic E-state index is 11.7. The van der Waals surface area contributed by atoms with Crippen LogP contribution in [0.5, 0.6) is 11.6 Å². The van der Waals surface area contributed by atoms with Crippen molar-refractivity contribution in [3.8, 4) is 11.6 Å². The predicted molar refractivity (Wildman–Crippen MR) is 91.6 cm³/mol. The van der Waals surface area contributed by atoms with E-state index in [4.69, 9.17) is 9.57 Å². The van der Waals surface area contributed by atoms with Crippen molar-refractivity contribution in [1.82, 2.24) is 4.98 Å². The number of carbonyl (C=O) groups is 2. The molecular formula is C17H17N3O6. The molecule has 0 aliphatic carbocycles. The van der Waals surface area contributed by atoms with Crippen LogP contribution in [0.15, 0.2) is 42.6 Å². The van der Waals surface area contributed by atoms with Crippen molar-refractivity contribution in [3.05, 3.63) is 52.7 Å². The Morgan fingerprint density at radius 3 is 2.38 bits per heavy atom. The number of rotatable bonds is 6. The van der Waals surface area contributed by atoms with Crippen molar-refractivity contribution in [1.29, 1.82) is 0 Å². The number of anilines is 1. The molecule has 1 aromatic heterocycles. The van der Waals surface area contributed by atoms with Gasteiger partial charge in [-0.3, -0.25) is 14.9 Å². The van der Waals surface area contributed by atoms with Crippen LogP contribution < -0.4 is 9.80 Å².